The van der Waals surface area contributed by atoms with Crippen molar-refractivity contribution in [3.05, 3.63) is 24.0 Å². The summed E-state index contributed by atoms with van der Waals surface area (Å²) < 4.78 is 2.24. The summed E-state index contributed by atoms with van der Waals surface area (Å²) in [5.41, 5.74) is 1.39. The van der Waals surface area contributed by atoms with E-state index in [0.29, 0.717) is 12.1 Å². The molecule has 2 aliphatic rings. The van der Waals surface area contributed by atoms with Crippen LogP contribution < -0.4 is 5.32 Å². The smallest absolute Gasteiger partial charge is 0.169 e. The molecule has 2 atom stereocenters. The number of thiocarbonyl (C=S) groups is 1. The van der Waals surface area contributed by atoms with Crippen molar-refractivity contribution in [2.75, 3.05) is 6.54 Å². The zero-order chi connectivity index (χ0) is 14.1. The van der Waals surface area contributed by atoms with Gasteiger partial charge >= 0.3 is 0 Å². The second kappa shape index (κ2) is 5.76. The fraction of sp³-hybridized carbons (Fsp3) is 0.688. The monoisotopic (exact) mass is 291 g/mol. The second-order valence-electron chi connectivity index (χ2n) is 6.45. The average molecular weight is 291 g/mol. The van der Waals surface area contributed by atoms with Gasteiger partial charge in [0.1, 0.15) is 0 Å². The SMILES string of the molecule is C[C@@H]1CC[C@H](c2cccn2C)N(C(=S)NC2CC2)CC1. The van der Waals surface area contributed by atoms with E-state index in [9.17, 15) is 0 Å². The summed E-state index contributed by atoms with van der Waals surface area (Å²) in [5.74, 6) is 0.798. The number of rotatable bonds is 2. The molecule has 110 valence electrons. The molecule has 1 aliphatic carbocycles. The molecule has 4 heteroatoms. The van der Waals surface area contributed by atoms with Gasteiger partial charge in [-0.1, -0.05) is 6.92 Å². The predicted molar refractivity (Wildman–Crippen MR) is 86.6 cm³/mol. The van der Waals surface area contributed by atoms with Crippen LogP contribution in [0, 0.1) is 5.92 Å². The maximum Gasteiger partial charge on any atom is 0.169 e. The van der Waals surface area contributed by atoms with Crippen LogP contribution in [0.5, 0.6) is 0 Å². The number of aromatic nitrogens is 1. The van der Waals surface area contributed by atoms with Gasteiger partial charge in [0.05, 0.1) is 6.04 Å². The molecular weight excluding hydrogens is 266 g/mol. The van der Waals surface area contributed by atoms with E-state index in [4.69, 9.17) is 12.2 Å². The minimum Gasteiger partial charge on any atom is -0.360 e. The lowest BCUT2D eigenvalue weighted by atomic mass is 10.0. The van der Waals surface area contributed by atoms with Gasteiger partial charge < -0.3 is 14.8 Å². The van der Waals surface area contributed by atoms with Crippen LogP contribution in [0.1, 0.15) is 50.8 Å². The minimum absolute atomic E-state index is 0.429. The Bertz CT molecular complexity index is 478. The number of nitrogens with zero attached hydrogens (tertiary/aromatic N) is 2. The largest absolute Gasteiger partial charge is 0.360 e. The fourth-order valence-corrected chi connectivity index (χ4v) is 3.50. The molecule has 3 rings (SSSR count). The normalized spacial score (nSPS) is 27.2. The van der Waals surface area contributed by atoms with Gasteiger partial charge in [-0.05, 0) is 62.4 Å². The Morgan fingerprint density at radius 2 is 2.05 bits per heavy atom. The fourth-order valence-electron chi connectivity index (χ4n) is 3.11. The number of hydrogen-bond donors (Lipinski definition) is 1. The van der Waals surface area contributed by atoms with Crippen molar-refractivity contribution in [1.82, 2.24) is 14.8 Å². The Labute approximate surface area is 127 Å². The van der Waals surface area contributed by atoms with Crippen LogP contribution in [-0.4, -0.2) is 27.2 Å². The van der Waals surface area contributed by atoms with Crippen LogP contribution >= 0.6 is 12.2 Å². The highest BCUT2D eigenvalue weighted by Crippen LogP contribution is 2.33. The van der Waals surface area contributed by atoms with E-state index < -0.39 is 0 Å². The topological polar surface area (TPSA) is 20.2 Å². The molecule has 0 aromatic carbocycles. The third-order valence-electron chi connectivity index (χ3n) is 4.66. The number of nitrogens with one attached hydrogen (secondary N) is 1. The first kappa shape index (κ1) is 13.9. The molecule has 0 amide bonds. The molecule has 0 unspecified atom stereocenters. The molecular formula is C16H25N3S. The summed E-state index contributed by atoms with van der Waals surface area (Å²) in [6.45, 7) is 3.44. The summed E-state index contributed by atoms with van der Waals surface area (Å²) in [4.78, 5) is 2.44. The number of likely N-dealkylation sites (tertiary alicyclic amines) is 1. The molecule has 2 heterocycles. The first-order chi connectivity index (χ1) is 9.65. The molecule has 1 aromatic heterocycles. The van der Waals surface area contributed by atoms with Crippen LogP contribution in [0.15, 0.2) is 18.3 Å². The van der Waals surface area contributed by atoms with Crippen molar-refractivity contribution in [3.8, 4) is 0 Å². The average Bonchev–Trinajstić information content (AvgIpc) is 3.16. The van der Waals surface area contributed by atoms with Gasteiger partial charge in [0.25, 0.3) is 0 Å². The van der Waals surface area contributed by atoms with E-state index in [1.807, 2.05) is 0 Å². The van der Waals surface area contributed by atoms with Gasteiger partial charge in [0.15, 0.2) is 5.11 Å². The molecule has 0 bridgehead atoms. The minimum atomic E-state index is 0.429. The highest BCUT2D eigenvalue weighted by Gasteiger charge is 2.30. The maximum atomic E-state index is 5.69. The molecule has 0 spiro atoms. The maximum absolute atomic E-state index is 5.69. The Balaban J connectivity index is 1.81. The van der Waals surface area contributed by atoms with Crippen LogP contribution in [0.4, 0.5) is 0 Å². The van der Waals surface area contributed by atoms with Crippen molar-refractivity contribution >= 4 is 17.3 Å². The van der Waals surface area contributed by atoms with Gasteiger partial charge in [-0.15, -0.1) is 0 Å². The van der Waals surface area contributed by atoms with E-state index in [1.54, 1.807) is 0 Å². The van der Waals surface area contributed by atoms with Crippen LogP contribution in [-0.2, 0) is 7.05 Å². The Hall–Kier alpha value is -1.03. The van der Waals surface area contributed by atoms with Gasteiger partial charge in [-0.25, -0.2) is 0 Å². The van der Waals surface area contributed by atoms with Crippen molar-refractivity contribution in [2.24, 2.45) is 13.0 Å². The molecule has 1 saturated heterocycles. The summed E-state index contributed by atoms with van der Waals surface area (Å²) in [6, 6.07) is 5.45. The van der Waals surface area contributed by atoms with E-state index in [-0.39, 0.29) is 0 Å². The Morgan fingerprint density at radius 3 is 2.70 bits per heavy atom. The summed E-state index contributed by atoms with van der Waals surface area (Å²) in [7, 11) is 2.14. The lowest BCUT2D eigenvalue weighted by Crippen LogP contribution is -2.43. The van der Waals surface area contributed by atoms with Crippen LogP contribution in [0.2, 0.25) is 0 Å². The van der Waals surface area contributed by atoms with Gasteiger partial charge in [-0.3, -0.25) is 0 Å². The molecule has 1 saturated carbocycles. The second-order valence-corrected chi connectivity index (χ2v) is 6.83. The summed E-state index contributed by atoms with van der Waals surface area (Å²) in [5, 5.41) is 4.49. The number of aryl methyl sites for hydroxylation is 1. The summed E-state index contributed by atoms with van der Waals surface area (Å²) >= 11 is 5.69. The quantitative estimate of drug-likeness (QED) is 0.845. The zero-order valence-corrected chi connectivity index (χ0v) is 13.3. The molecule has 20 heavy (non-hydrogen) atoms. The lowest BCUT2D eigenvalue weighted by molar-refractivity contribution is 0.305. The first-order valence-corrected chi connectivity index (χ1v) is 8.24. The molecule has 3 nitrogen and oxygen atoms in total. The van der Waals surface area contributed by atoms with Crippen LogP contribution in [0.3, 0.4) is 0 Å². The van der Waals surface area contributed by atoms with E-state index in [1.165, 1.54) is 37.8 Å². The number of hydrogen-bond acceptors (Lipinski definition) is 1. The van der Waals surface area contributed by atoms with Gasteiger partial charge in [0, 0.05) is 31.5 Å². The third-order valence-corrected chi connectivity index (χ3v) is 5.02. The molecule has 2 fully saturated rings. The highest BCUT2D eigenvalue weighted by atomic mass is 32.1. The van der Waals surface area contributed by atoms with Crippen molar-refractivity contribution < 1.29 is 0 Å². The molecule has 0 radical (unpaired) electrons. The Kier molecular flexibility index (Phi) is 4.01. The lowest BCUT2D eigenvalue weighted by Gasteiger charge is -2.33. The third kappa shape index (κ3) is 3.00. The van der Waals surface area contributed by atoms with Gasteiger partial charge in [0.2, 0.25) is 0 Å². The highest BCUT2D eigenvalue weighted by molar-refractivity contribution is 7.80. The van der Waals surface area contributed by atoms with E-state index in [0.717, 1.165) is 17.6 Å². The zero-order valence-electron chi connectivity index (χ0n) is 12.5. The molecule has 1 N–H and O–H groups in total. The first-order valence-electron chi connectivity index (χ1n) is 7.83. The molecule has 1 aliphatic heterocycles. The van der Waals surface area contributed by atoms with Gasteiger partial charge in [-0.2, -0.15) is 0 Å². The van der Waals surface area contributed by atoms with Crippen molar-refractivity contribution in [1.29, 1.82) is 0 Å². The Morgan fingerprint density at radius 1 is 1.25 bits per heavy atom. The van der Waals surface area contributed by atoms with Crippen LogP contribution in [0.25, 0.3) is 0 Å². The van der Waals surface area contributed by atoms with E-state index >= 15 is 0 Å². The molecule has 1 aromatic rings. The van der Waals surface area contributed by atoms with E-state index in [2.05, 4.69) is 47.1 Å². The standard InChI is InChI=1S/C16H25N3S/c1-12-5-8-15(14-4-3-10-18(14)2)19(11-9-12)16(20)17-13-6-7-13/h3-4,10,12-13,15H,5-9,11H2,1-2H3,(H,17,20)/t12-,15-/m1/s1. The predicted octanol–water partition coefficient (Wildman–Crippen LogP) is 3.23. The van der Waals surface area contributed by atoms with Crippen molar-refractivity contribution in [3.63, 3.8) is 0 Å². The summed E-state index contributed by atoms with van der Waals surface area (Å²) in [6.07, 6.45) is 8.43. The van der Waals surface area contributed by atoms with Crippen molar-refractivity contribution in [2.45, 2.75) is 51.1 Å².